The van der Waals surface area contributed by atoms with E-state index in [1.807, 2.05) is 12.3 Å². The predicted molar refractivity (Wildman–Crippen MR) is 79.3 cm³/mol. The van der Waals surface area contributed by atoms with Gasteiger partial charge in [0.15, 0.2) is 0 Å². The van der Waals surface area contributed by atoms with Crippen molar-refractivity contribution in [1.82, 2.24) is 4.90 Å². The number of hydrogen-bond acceptors (Lipinski definition) is 3. The molecule has 3 nitrogen and oxygen atoms in total. The van der Waals surface area contributed by atoms with Gasteiger partial charge < -0.3 is 10.6 Å². The van der Waals surface area contributed by atoms with Gasteiger partial charge in [-0.1, -0.05) is 39.0 Å². The number of hydrogen-bond donors (Lipinski definition) is 2. The lowest BCUT2D eigenvalue weighted by Crippen LogP contribution is -2.35. The Kier molecular flexibility index (Phi) is 6.94. The van der Waals surface area contributed by atoms with Gasteiger partial charge in [0.25, 0.3) is 0 Å². The van der Waals surface area contributed by atoms with Crippen LogP contribution in [-0.4, -0.2) is 22.7 Å². The van der Waals surface area contributed by atoms with Gasteiger partial charge in [0, 0.05) is 18.3 Å². The third kappa shape index (κ3) is 4.77. The number of thiol groups is 1. The molecule has 0 saturated heterocycles. The van der Waals surface area contributed by atoms with Crippen LogP contribution in [0.4, 0.5) is 0 Å². The molecule has 0 bridgehead atoms. The van der Waals surface area contributed by atoms with E-state index in [0.29, 0.717) is 5.57 Å². The fourth-order valence-corrected chi connectivity index (χ4v) is 2.49. The smallest absolute Gasteiger partial charge is 0.247 e. The van der Waals surface area contributed by atoms with Crippen molar-refractivity contribution in [2.45, 2.75) is 50.8 Å². The Labute approximate surface area is 116 Å². The highest BCUT2D eigenvalue weighted by atomic mass is 32.1. The van der Waals surface area contributed by atoms with Crippen molar-refractivity contribution in [1.29, 1.82) is 0 Å². The van der Waals surface area contributed by atoms with E-state index in [0.717, 1.165) is 13.0 Å². The van der Waals surface area contributed by atoms with Crippen LogP contribution in [0.25, 0.3) is 0 Å². The molecule has 0 aromatic rings. The summed E-state index contributed by atoms with van der Waals surface area (Å²) < 4.78 is 0. The van der Waals surface area contributed by atoms with Gasteiger partial charge in [0.2, 0.25) is 5.91 Å². The van der Waals surface area contributed by atoms with Gasteiger partial charge in [-0.2, -0.15) is 0 Å². The predicted octanol–water partition coefficient (Wildman–Crippen LogP) is 2.84. The van der Waals surface area contributed by atoms with Crippen molar-refractivity contribution in [2.24, 2.45) is 5.73 Å². The molecule has 0 fully saturated rings. The molecule has 0 aromatic heterocycles. The summed E-state index contributed by atoms with van der Waals surface area (Å²) in [6.07, 6.45) is 13.2. The molecule has 1 aliphatic heterocycles. The SMILES string of the molecule is CCCCCCCCN1C=CC=C(C(N)=O)C1S. The first-order chi connectivity index (χ1) is 8.66. The molecule has 1 amide bonds. The van der Waals surface area contributed by atoms with E-state index in [4.69, 9.17) is 5.73 Å². The summed E-state index contributed by atoms with van der Waals surface area (Å²) in [6.45, 7) is 3.16. The maximum atomic E-state index is 11.2. The zero-order chi connectivity index (χ0) is 13.4. The molecular formula is C14H24N2OS. The first kappa shape index (κ1) is 15.2. The van der Waals surface area contributed by atoms with Crippen molar-refractivity contribution in [3.05, 3.63) is 23.9 Å². The highest BCUT2D eigenvalue weighted by Crippen LogP contribution is 2.20. The van der Waals surface area contributed by atoms with Gasteiger partial charge in [0.05, 0.1) is 0 Å². The number of carbonyl (C=O) groups is 1. The third-order valence-electron chi connectivity index (χ3n) is 3.20. The summed E-state index contributed by atoms with van der Waals surface area (Å²) >= 11 is 4.45. The number of unbranched alkanes of at least 4 members (excludes halogenated alkanes) is 5. The van der Waals surface area contributed by atoms with Gasteiger partial charge in [-0.25, -0.2) is 0 Å². The molecule has 18 heavy (non-hydrogen) atoms. The van der Waals surface area contributed by atoms with E-state index in [2.05, 4.69) is 24.5 Å². The van der Waals surface area contributed by atoms with Crippen molar-refractivity contribution in [3.8, 4) is 0 Å². The van der Waals surface area contributed by atoms with Crippen LogP contribution in [0.2, 0.25) is 0 Å². The minimum Gasteiger partial charge on any atom is -0.366 e. The highest BCUT2D eigenvalue weighted by molar-refractivity contribution is 7.81. The van der Waals surface area contributed by atoms with E-state index < -0.39 is 0 Å². The third-order valence-corrected chi connectivity index (χ3v) is 3.77. The standard InChI is InChI=1S/C14H24N2OS/c1-2-3-4-5-6-7-10-16-11-8-9-12(13(15)17)14(16)18/h8-9,11,14,18H,2-7,10H2,1H3,(H2,15,17). The maximum Gasteiger partial charge on any atom is 0.247 e. The average molecular weight is 268 g/mol. The Hall–Kier alpha value is -0.900. The quantitative estimate of drug-likeness (QED) is 0.525. The number of nitrogens with two attached hydrogens (primary N) is 1. The zero-order valence-electron chi connectivity index (χ0n) is 11.1. The lowest BCUT2D eigenvalue weighted by Gasteiger charge is -2.30. The Morgan fingerprint density at radius 1 is 1.33 bits per heavy atom. The highest BCUT2D eigenvalue weighted by Gasteiger charge is 2.21. The number of allylic oxidation sites excluding steroid dienone is 2. The van der Waals surface area contributed by atoms with Crippen LogP contribution in [0.15, 0.2) is 23.9 Å². The first-order valence-corrected chi connectivity index (χ1v) is 7.30. The molecule has 1 atom stereocenters. The molecule has 2 N–H and O–H groups in total. The molecule has 0 saturated carbocycles. The van der Waals surface area contributed by atoms with E-state index in [-0.39, 0.29) is 11.3 Å². The fourth-order valence-electron chi connectivity index (χ4n) is 2.08. The molecular weight excluding hydrogens is 244 g/mol. The molecule has 0 spiro atoms. The van der Waals surface area contributed by atoms with Crippen LogP contribution < -0.4 is 5.73 Å². The first-order valence-electron chi connectivity index (χ1n) is 6.78. The van der Waals surface area contributed by atoms with Crippen molar-refractivity contribution >= 4 is 18.5 Å². The van der Waals surface area contributed by atoms with Gasteiger partial charge in [-0.05, 0) is 18.6 Å². The number of amides is 1. The molecule has 102 valence electrons. The molecule has 0 radical (unpaired) electrons. The van der Waals surface area contributed by atoms with E-state index in [9.17, 15) is 4.79 Å². The van der Waals surface area contributed by atoms with E-state index >= 15 is 0 Å². The number of carbonyl (C=O) groups excluding carboxylic acids is 1. The van der Waals surface area contributed by atoms with Crippen LogP contribution in [0.1, 0.15) is 45.4 Å². The van der Waals surface area contributed by atoms with Crippen LogP contribution in [0.3, 0.4) is 0 Å². The summed E-state index contributed by atoms with van der Waals surface area (Å²) in [5, 5.41) is -0.192. The van der Waals surface area contributed by atoms with E-state index in [1.165, 1.54) is 32.1 Å². The second-order valence-corrected chi connectivity index (χ2v) is 5.20. The van der Waals surface area contributed by atoms with Gasteiger partial charge >= 0.3 is 0 Å². The van der Waals surface area contributed by atoms with E-state index in [1.54, 1.807) is 6.08 Å². The lowest BCUT2D eigenvalue weighted by atomic mass is 10.1. The monoisotopic (exact) mass is 268 g/mol. The van der Waals surface area contributed by atoms with Crippen molar-refractivity contribution in [2.75, 3.05) is 6.54 Å². The minimum atomic E-state index is -0.382. The lowest BCUT2D eigenvalue weighted by molar-refractivity contribution is -0.114. The molecule has 1 unspecified atom stereocenters. The molecule has 1 aliphatic rings. The topological polar surface area (TPSA) is 46.3 Å². The molecule has 4 heteroatoms. The molecule has 0 aliphatic carbocycles. The second-order valence-electron chi connectivity index (χ2n) is 4.71. The Morgan fingerprint density at radius 3 is 2.67 bits per heavy atom. The van der Waals surface area contributed by atoms with Crippen LogP contribution in [-0.2, 0) is 4.79 Å². The fraction of sp³-hybridized carbons (Fsp3) is 0.643. The summed E-state index contributed by atoms with van der Waals surface area (Å²) in [6, 6.07) is 0. The second kappa shape index (κ2) is 8.25. The Bertz CT molecular complexity index is 326. The zero-order valence-corrected chi connectivity index (χ0v) is 12.0. The Morgan fingerprint density at radius 2 is 2.00 bits per heavy atom. The van der Waals surface area contributed by atoms with Gasteiger partial charge in [0.1, 0.15) is 5.37 Å². The number of primary amides is 1. The molecule has 1 rings (SSSR count). The number of rotatable bonds is 8. The van der Waals surface area contributed by atoms with Crippen molar-refractivity contribution < 1.29 is 4.79 Å². The Balaban J connectivity index is 2.25. The normalized spacial score (nSPS) is 18.9. The minimum absolute atomic E-state index is 0.192. The maximum absolute atomic E-state index is 11.2. The molecule has 0 aromatic carbocycles. The van der Waals surface area contributed by atoms with Crippen LogP contribution in [0, 0.1) is 0 Å². The molecule has 1 heterocycles. The van der Waals surface area contributed by atoms with Crippen LogP contribution >= 0.6 is 12.6 Å². The summed E-state index contributed by atoms with van der Waals surface area (Å²) in [5.41, 5.74) is 5.89. The summed E-state index contributed by atoms with van der Waals surface area (Å²) in [4.78, 5) is 13.3. The average Bonchev–Trinajstić information content (AvgIpc) is 2.35. The van der Waals surface area contributed by atoms with Gasteiger partial charge in [-0.15, -0.1) is 12.6 Å². The summed E-state index contributed by atoms with van der Waals surface area (Å²) in [5.74, 6) is -0.382. The van der Waals surface area contributed by atoms with Crippen molar-refractivity contribution in [3.63, 3.8) is 0 Å². The summed E-state index contributed by atoms with van der Waals surface area (Å²) in [7, 11) is 0. The largest absolute Gasteiger partial charge is 0.366 e. The van der Waals surface area contributed by atoms with Gasteiger partial charge in [-0.3, -0.25) is 4.79 Å². The van der Waals surface area contributed by atoms with Crippen LogP contribution in [0.5, 0.6) is 0 Å². The number of nitrogens with zero attached hydrogens (tertiary/aromatic N) is 1.